The summed E-state index contributed by atoms with van der Waals surface area (Å²) in [5.41, 5.74) is 7.88. The number of benzene rings is 4. The maximum atomic E-state index is 11.0. The molecule has 4 aromatic carbocycles. The molecule has 0 amide bonds. The van der Waals surface area contributed by atoms with Crippen LogP contribution in [0.1, 0.15) is 87.5 Å². The minimum atomic E-state index is 0.207. The van der Waals surface area contributed by atoms with E-state index in [4.69, 9.17) is 9.98 Å². The van der Waals surface area contributed by atoms with E-state index in [2.05, 4.69) is 64.1 Å². The molecule has 0 aliphatic heterocycles. The molecule has 2 N–H and O–H groups in total. The Labute approximate surface area is 250 Å². The number of hydrogen-bond acceptors (Lipinski definition) is 4. The molecule has 4 aromatic rings. The lowest BCUT2D eigenvalue weighted by Crippen LogP contribution is -2.20. The van der Waals surface area contributed by atoms with E-state index in [1.54, 1.807) is 0 Å². The Morgan fingerprint density at radius 2 is 0.905 bits per heavy atom. The number of nitrogens with zero attached hydrogens (tertiary/aromatic N) is 2. The predicted molar refractivity (Wildman–Crippen MR) is 176 cm³/mol. The molecule has 0 spiro atoms. The number of phenolic OH excluding ortho intramolecular Hbond substituents is 2. The Bertz CT molecular complexity index is 1430. The van der Waals surface area contributed by atoms with E-state index in [0.29, 0.717) is 11.5 Å². The molecule has 0 saturated heterocycles. The maximum Gasteiger partial charge on any atom is 0.127 e. The van der Waals surface area contributed by atoms with Crippen LogP contribution in [-0.4, -0.2) is 34.7 Å². The van der Waals surface area contributed by atoms with Gasteiger partial charge in [0.2, 0.25) is 0 Å². The van der Waals surface area contributed by atoms with E-state index in [-0.39, 0.29) is 23.9 Å². The molecule has 0 radical (unpaired) electrons. The fraction of sp³-hybridized carbons (Fsp3) is 0.316. The van der Waals surface area contributed by atoms with Crippen molar-refractivity contribution in [1.82, 2.24) is 0 Å². The first-order valence-corrected chi connectivity index (χ1v) is 15.2. The van der Waals surface area contributed by atoms with Crippen LogP contribution >= 0.6 is 0 Å². The largest absolute Gasteiger partial charge is 0.507 e. The van der Waals surface area contributed by atoms with Gasteiger partial charge in [-0.15, -0.1) is 0 Å². The third kappa shape index (κ3) is 6.82. The average molecular weight is 559 g/mol. The van der Waals surface area contributed by atoms with Gasteiger partial charge in [-0.25, -0.2) is 0 Å². The molecule has 4 heteroatoms. The number of aliphatic imine (C=N–C) groups is 2. The molecule has 4 nitrogen and oxygen atoms in total. The zero-order chi connectivity index (χ0) is 29.6. The highest BCUT2D eigenvalue weighted by molar-refractivity contribution is 5.88. The lowest BCUT2D eigenvalue weighted by atomic mass is 9.91. The van der Waals surface area contributed by atoms with E-state index in [9.17, 15) is 10.2 Å². The molecule has 1 fully saturated rings. The maximum absolute atomic E-state index is 11.0. The van der Waals surface area contributed by atoms with Crippen molar-refractivity contribution in [3.63, 3.8) is 0 Å². The molecular formula is C38H42N2O2. The predicted octanol–water partition coefficient (Wildman–Crippen LogP) is 9.53. The first kappa shape index (κ1) is 29.3. The van der Waals surface area contributed by atoms with E-state index < -0.39 is 0 Å². The standard InChI is InChI=1S/C38H42N2O2/c1-25(2)35-21-29(27-11-7-5-8-12-27)19-31(37(35)41)23-39-33-15-17-34(18-16-33)40-24-32-20-30(28-13-9-6-10-14-28)22-36(26(3)4)38(32)42/h5-14,19-26,33-34,41-42H,15-18H2,1-4H3. The van der Waals surface area contributed by atoms with Crippen LogP contribution in [0.25, 0.3) is 22.3 Å². The van der Waals surface area contributed by atoms with E-state index in [0.717, 1.165) is 70.2 Å². The van der Waals surface area contributed by atoms with Gasteiger partial charge in [-0.3, -0.25) is 9.98 Å². The molecule has 216 valence electrons. The van der Waals surface area contributed by atoms with Gasteiger partial charge in [0.25, 0.3) is 0 Å². The zero-order valence-corrected chi connectivity index (χ0v) is 25.2. The summed E-state index contributed by atoms with van der Waals surface area (Å²) in [5, 5.41) is 22.0. The minimum Gasteiger partial charge on any atom is -0.507 e. The Hall–Kier alpha value is -4.18. The number of rotatable bonds is 8. The van der Waals surface area contributed by atoms with Crippen LogP contribution in [-0.2, 0) is 0 Å². The lowest BCUT2D eigenvalue weighted by molar-refractivity contribution is 0.399. The molecule has 1 aliphatic carbocycles. The first-order chi connectivity index (χ1) is 20.3. The third-order valence-corrected chi connectivity index (χ3v) is 8.31. The smallest absolute Gasteiger partial charge is 0.127 e. The summed E-state index contributed by atoms with van der Waals surface area (Å²) in [6.07, 6.45) is 7.51. The van der Waals surface area contributed by atoms with Gasteiger partial charge >= 0.3 is 0 Å². The van der Waals surface area contributed by atoms with Gasteiger partial charge in [0, 0.05) is 23.6 Å². The van der Waals surface area contributed by atoms with Gasteiger partial charge in [-0.05, 0) is 95.2 Å². The van der Waals surface area contributed by atoms with Crippen LogP contribution in [0, 0.1) is 0 Å². The monoisotopic (exact) mass is 558 g/mol. The zero-order valence-electron chi connectivity index (χ0n) is 25.2. The van der Waals surface area contributed by atoms with Crippen molar-refractivity contribution < 1.29 is 10.2 Å². The number of hydrogen-bond donors (Lipinski definition) is 2. The summed E-state index contributed by atoms with van der Waals surface area (Å²) in [5.74, 6) is 1.06. The highest BCUT2D eigenvalue weighted by atomic mass is 16.3. The second-order valence-corrected chi connectivity index (χ2v) is 12.1. The Morgan fingerprint density at radius 1 is 0.548 bits per heavy atom. The van der Waals surface area contributed by atoms with Crippen molar-refractivity contribution in [3.8, 4) is 33.8 Å². The third-order valence-electron chi connectivity index (χ3n) is 8.31. The molecule has 0 heterocycles. The summed E-state index contributed by atoms with van der Waals surface area (Å²) in [4.78, 5) is 9.83. The lowest BCUT2D eigenvalue weighted by Gasteiger charge is -2.23. The van der Waals surface area contributed by atoms with Gasteiger partial charge in [-0.2, -0.15) is 0 Å². The van der Waals surface area contributed by atoms with Gasteiger partial charge in [-0.1, -0.05) is 88.4 Å². The van der Waals surface area contributed by atoms with E-state index in [1.807, 2.05) is 61.0 Å². The highest BCUT2D eigenvalue weighted by Crippen LogP contribution is 2.36. The second-order valence-electron chi connectivity index (χ2n) is 12.1. The van der Waals surface area contributed by atoms with Crippen LogP contribution < -0.4 is 0 Å². The normalized spacial score (nSPS) is 17.6. The molecule has 42 heavy (non-hydrogen) atoms. The van der Waals surface area contributed by atoms with Gasteiger partial charge in [0.05, 0.1) is 12.1 Å². The van der Waals surface area contributed by atoms with Crippen molar-refractivity contribution in [2.45, 2.75) is 77.3 Å². The SMILES string of the molecule is CC(C)c1cc(-c2ccccc2)cc(C=NC2CCC(N=Cc3cc(-c4ccccc4)cc(C(C)C)c3O)CC2)c1O. The van der Waals surface area contributed by atoms with E-state index in [1.165, 1.54) is 0 Å². The van der Waals surface area contributed by atoms with Crippen LogP contribution in [0.5, 0.6) is 11.5 Å². The molecular weight excluding hydrogens is 516 g/mol. The minimum absolute atomic E-state index is 0.207. The molecule has 0 atom stereocenters. The molecule has 0 unspecified atom stereocenters. The quantitative estimate of drug-likeness (QED) is 0.212. The highest BCUT2D eigenvalue weighted by Gasteiger charge is 2.21. The molecule has 0 bridgehead atoms. The first-order valence-electron chi connectivity index (χ1n) is 15.2. The van der Waals surface area contributed by atoms with Gasteiger partial charge in [0.1, 0.15) is 11.5 Å². The van der Waals surface area contributed by atoms with Crippen LogP contribution in [0.2, 0.25) is 0 Å². The summed E-state index contributed by atoms with van der Waals surface area (Å²) in [7, 11) is 0. The van der Waals surface area contributed by atoms with Crippen molar-refractivity contribution in [2.75, 3.05) is 0 Å². The number of phenols is 2. The van der Waals surface area contributed by atoms with Crippen molar-refractivity contribution >= 4 is 12.4 Å². The second kappa shape index (κ2) is 13.2. The molecule has 5 rings (SSSR count). The van der Waals surface area contributed by atoms with E-state index >= 15 is 0 Å². The summed E-state index contributed by atoms with van der Waals surface area (Å²) in [6.45, 7) is 8.42. The summed E-state index contributed by atoms with van der Waals surface area (Å²) in [6, 6.07) is 29.3. The van der Waals surface area contributed by atoms with Gasteiger partial charge in [0.15, 0.2) is 0 Å². The molecule has 1 saturated carbocycles. The van der Waals surface area contributed by atoms with Gasteiger partial charge < -0.3 is 10.2 Å². The van der Waals surface area contributed by atoms with Crippen molar-refractivity contribution in [2.24, 2.45) is 9.98 Å². The van der Waals surface area contributed by atoms with Crippen molar-refractivity contribution in [1.29, 1.82) is 0 Å². The topological polar surface area (TPSA) is 65.2 Å². The summed E-state index contributed by atoms with van der Waals surface area (Å²) < 4.78 is 0. The fourth-order valence-electron chi connectivity index (χ4n) is 5.76. The van der Waals surface area contributed by atoms with Crippen molar-refractivity contribution in [3.05, 3.63) is 107 Å². The molecule has 1 aliphatic rings. The fourth-order valence-corrected chi connectivity index (χ4v) is 5.76. The Morgan fingerprint density at radius 3 is 1.24 bits per heavy atom. The Balaban J connectivity index is 1.29. The van der Waals surface area contributed by atoms with Crippen LogP contribution in [0.15, 0.2) is 94.9 Å². The molecule has 0 aromatic heterocycles. The summed E-state index contributed by atoms with van der Waals surface area (Å²) >= 11 is 0. The Kier molecular flexibility index (Phi) is 9.22. The number of aromatic hydroxyl groups is 2. The average Bonchev–Trinajstić information content (AvgIpc) is 3.01. The van der Waals surface area contributed by atoms with Crippen LogP contribution in [0.3, 0.4) is 0 Å². The van der Waals surface area contributed by atoms with Crippen LogP contribution in [0.4, 0.5) is 0 Å².